The highest BCUT2D eigenvalue weighted by atomic mass is 32.2. The number of aromatic nitrogens is 4. The number of carbonyl (C=O) groups excluding carboxylic acids is 1. The Balaban J connectivity index is 1.58. The Hall–Kier alpha value is -4.39. The van der Waals surface area contributed by atoms with E-state index < -0.39 is 15.9 Å². The average Bonchev–Trinajstić information content (AvgIpc) is 3.18. The van der Waals surface area contributed by atoms with Gasteiger partial charge in [0.1, 0.15) is 11.5 Å². The van der Waals surface area contributed by atoms with Crippen molar-refractivity contribution in [1.82, 2.24) is 19.6 Å². The van der Waals surface area contributed by atoms with Gasteiger partial charge in [0.2, 0.25) is 11.9 Å². The molecule has 0 radical (unpaired) electrons. The number of nitrogens with two attached hydrogens (primary N) is 1. The molecule has 12 nitrogen and oxygen atoms in total. The van der Waals surface area contributed by atoms with Crippen LogP contribution in [-0.4, -0.2) is 46.1 Å². The van der Waals surface area contributed by atoms with E-state index in [9.17, 15) is 18.3 Å². The number of nitrogens with zero attached hydrogens (tertiary/aromatic N) is 4. The van der Waals surface area contributed by atoms with Gasteiger partial charge < -0.3 is 20.9 Å². The number of aromatic hydroxyl groups is 1. The maximum absolute atomic E-state index is 12.9. The molecular weight excluding hydrogens is 474 g/mol. The second-order valence-electron chi connectivity index (χ2n) is 7.65. The summed E-state index contributed by atoms with van der Waals surface area (Å²) < 4.78 is 34.9. The number of hydrogen-bond acceptors (Lipinski definition) is 9. The van der Waals surface area contributed by atoms with Crippen molar-refractivity contribution in [3.8, 4) is 11.5 Å². The normalized spacial score (nSPS) is 11.4. The average molecular weight is 498 g/mol. The summed E-state index contributed by atoms with van der Waals surface area (Å²) in [5, 5.41) is 16.9. The van der Waals surface area contributed by atoms with Crippen LogP contribution in [0.3, 0.4) is 0 Å². The number of para-hydroxylation sites is 2. The molecule has 0 bridgehead atoms. The van der Waals surface area contributed by atoms with Gasteiger partial charge in [-0.25, -0.2) is 13.4 Å². The molecule has 4 aromatic rings. The molecule has 5 N–H and O–H groups in total. The summed E-state index contributed by atoms with van der Waals surface area (Å²) in [5.41, 5.74) is 7.63. The number of rotatable bonds is 7. The van der Waals surface area contributed by atoms with E-state index in [0.29, 0.717) is 28.5 Å². The predicted octanol–water partition coefficient (Wildman–Crippen LogP) is 2.02. The predicted molar refractivity (Wildman–Crippen MR) is 129 cm³/mol. The van der Waals surface area contributed by atoms with Gasteiger partial charge in [0.05, 0.1) is 29.8 Å². The number of ether oxygens (including phenoxy) is 1. The van der Waals surface area contributed by atoms with Crippen molar-refractivity contribution in [1.29, 1.82) is 0 Å². The summed E-state index contributed by atoms with van der Waals surface area (Å²) in [4.78, 5) is 21.0. The quantitative estimate of drug-likeness (QED) is 0.278. The van der Waals surface area contributed by atoms with E-state index in [1.54, 1.807) is 38.1 Å². The summed E-state index contributed by atoms with van der Waals surface area (Å²) in [5.74, 6) is -0.0616. The number of hydrogen-bond donors (Lipinski definition) is 4. The summed E-state index contributed by atoms with van der Waals surface area (Å²) in [6.45, 7) is 3.49. The van der Waals surface area contributed by atoms with Crippen molar-refractivity contribution >= 4 is 39.0 Å². The summed E-state index contributed by atoms with van der Waals surface area (Å²) in [6.07, 6.45) is -0.101. The van der Waals surface area contributed by atoms with E-state index >= 15 is 0 Å². The fourth-order valence-electron chi connectivity index (χ4n) is 3.55. The van der Waals surface area contributed by atoms with E-state index in [1.807, 2.05) is 0 Å². The molecule has 0 aliphatic carbocycles. The standard InChI is InChI=1S/C22H23N7O5S/c1-12-15(13(2)29-22(24-12)26-21(23)27-29)11-20(31)25-17-10-14(8-9-18(17)30)35(32,33)28-16-6-4-5-7-19(16)34-3/h4-10,28,30H,11H2,1-3H3,(H2,23,27)(H,25,31). The molecule has 0 fully saturated rings. The molecule has 0 spiro atoms. The van der Waals surface area contributed by atoms with Gasteiger partial charge >= 0.3 is 0 Å². The third kappa shape index (κ3) is 4.80. The van der Waals surface area contributed by atoms with Crippen molar-refractivity contribution in [2.75, 3.05) is 22.9 Å². The molecule has 0 saturated heterocycles. The third-order valence-corrected chi connectivity index (χ3v) is 6.67. The fraction of sp³-hybridized carbons (Fsp3) is 0.182. The number of carbonyl (C=O) groups is 1. The number of nitrogens with one attached hydrogen (secondary N) is 2. The lowest BCUT2D eigenvalue weighted by Gasteiger charge is -2.14. The van der Waals surface area contributed by atoms with Gasteiger partial charge in [-0.3, -0.25) is 9.52 Å². The first kappa shape index (κ1) is 23.8. The van der Waals surface area contributed by atoms with Crippen molar-refractivity contribution in [2.24, 2.45) is 0 Å². The van der Waals surface area contributed by atoms with Gasteiger partial charge in [-0.1, -0.05) is 12.1 Å². The number of fused-ring (bicyclic) bond motifs is 1. The third-order valence-electron chi connectivity index (χ3n) is 5.31. The molecule has 4 rings (SSSR count). The van der Waals surface area contributed by atoms with Crippen molar-refractivity contribution in [2.45, 2.75) is 25.2 Å². The molecule has 182 valence electrons. The minimum absolute atomic E-state index is 0.0614. The number of sulfonamides is 1. The first-order valence-electron chi connectivity index (χ1n) is 10.4. The number of benzene rings is 2. The molecule has 0 atom stereocenters. The topological polar surface area (TPSA) is 174 Å². The summed E-state index contributed by atoms with van der Waals surface area (Å²) >= 11 is 0. The molecule has 0 aliphatic heterocycles. The van der Waals surface area contributed by atoms with Gasteiger partial charge in [0, 0.05) is 17.0 Å². The number of phenols is 1. The minimum atomic E-state index is -4.05. The lowest BCUT2D eigenvalue weighted by atomic mass is 10.1. The van der Waals surface area contributed by atoms with Crippen LogP contribution in [0.5, 0.6) is 11.5 Å². The highest BCUT2D eigenvalue weighted by Crippen LogP contribution is 2.30. The van der Waals surface area contributed by atoms with Gasteiger partial charge in [-0.05, 0) is 44.2 Å². The van der Waals surface area contributed by atoms with Crippen LogP contribution in [0, 0.1) is 13.8 Å². The van der Waals surface area contributed by atoms with E-state index in [4.69, 9.17) is 10.5 Å². The van der Waals surface area contributed by atoms with E-state index in [-0.39, 0.29) is 34.4 Å². The highest BCUT2D eigenvalue weighted by molar-refractivity contribution is 7.92. The molecule has 2 aromatic heterocycles. The number of anilines is 3. The molecule has 2 aromatic carbocycles. The Morgan fingerprint density at radius 2 is 1.89 bits per heavy atom. The van der Waals surface area contributed by atoms with Crippen LogP contribution in [0.2, 0.25) is 0 Å². The maximum atomic E-state index is 12.9. The zero-order chi connectivity index (χ0) is 25.3. The molecule has 1 amide bonds. The Bertz CT molecular complexity index is 1550. The molecule has 0 saturated carbocycles. The molecule has 0 aliphatic rings. The molecule has 13 heteroatoms. The number of nitrogen functional groups attached to an aromatic ring is 1. The SMILES string of the molecule is COc1ccccc1NS(=O)(=O)c1ccc(O)c(NC(=O)Cc2c(C)nc3nc(N)nn3c2C)c1. The maximum Gasteiger partial charge on any atom is 0.262 e. The zero-order valence-corrected chi connectivity index (χ0v) is 19.9. The van der Waals surface area contributed by atoms with Crippen LogP contribution < -0.4 is 20.5 Å². The second kappa shape index (κ2) is 9.10. The van der Waals surface area contributed by atoms with E-state index in [2.05, 4.69) is 25.1 Å². The second-order valence-corrected chi connectivity index (χ2v) is 9.34. The highest BCUT2D eigenvalue weighted by Gasteiger charge is 2.20. The van der Waals surface area contributed by atoms with Crippen molar-refractivity contribution in [3.05, 3.63) is 59.4 Å². The molecule has 2 heterocycles. The first-order chi connectivity index (χ1) is 16.6. The van der Waals surface area contributed by atoms with Crippen molar-refractivity contribution < 1.29 is 23.1 Å². The first-order valence-corrected chi connectivity index (χ1v) is 11.8. The number of amides is 1. The fourth-order valence-corrected chi connectivity index (χ4v) is 4.65. The Morgan fingerprint density at radius 1 is 1.14 bits per heavy atom. The minimum Gasteiger partial charge on any atom is -0.506 e. The lowest BCUT2D eigenvalue weighted by molar-refractivity contribution is -0.115. The van der Waals surface area contributed by atoms with E-state index in [0.717, 1.165) is 0 Å². The van der Waals surface area contributed by atoms with Gasteiger partial charge in [-0.2, -0.15) is 9.50 Å². The summed E-state index contributed by atoms with van der Waals surface area (Å²) in [7, 11) is -2.62. The summed E-state index contributed by atoms with van der Waals surface area (Å²) in [6, 6.07) is 10.1. The number of phenolic OH excluding ortho intramolecular Hbond substituents is 1. The number of methoxy groups -OCH3 is 1. The molecular formula is C22H23N7O5S. The smallest absolute Gasteiger partial charge is 0.262 e. The Kier molecular flexibility index (Phi) is 6.18. The van der Waals surface area contributed by atoms with Crippen LogP contribution in [0.4, 0.5) is 17.3 Å². The van der Waals surface area contributed by atoms with Gasteiger partial charge in [0.25, 0.3) is 15.8 Å². The van der Waals surface area contributed by atoms with Crippen LogP contribution in [-0.2, 0) is 21.2 Å². The molecule has 0 unspecified atom stereocenters. The van der Waals surface area contributed by atoms with Gasteiger partial charge in [0.15, 0.2) is 0 Å². The van der Waals surface area contributed by atoms with Crippen LogP contribution in [0.15, 0.2) is 47.4 Å². The monoisotopic (exact) mass is 497 g/mol. The molecule has 35 heavy (non-hydrogen) atoms. The zero-order valence-electron chi connectivity index (χ0n) is 19.1. The Morgan fingerprint density at radius 3 is 2.63 bits per heavy atom. The van der Waals surface area contributed by atoms with Crippen LogP contribution in [0.25, 0.3) is 5.78 Å². The van der Waals surface area contributed by atoms with Gasteiger partial charge in [-0.15, -0.1) is 5.10 Å². The van der Waals surface area contributed by atoms with Crippen LogP contribution >= 0.6 is 0 Å². The van der Waals surface area contributed by atoms with Crippen molar-refractivity contribution in [3.63, 3.8) is 0 Å². The van der Waals surface area contributed by atoms with E-state index in [1.165, 1.54) is 29.8 Å². The van der Waals surface area contributed by atoms with Crippen LogP contribution in [0.1, 0.15) is 17.0 Å². The largest absolute Gasteiger partial charge is 0.506 e. The lowest BCUT2D eigenvalue weighted by Crippen LogP contribution is -2.19. The number of aryl methyl sites for hydroxylation is 2. The Labute approximate surface area is 200 Å².